The standard InChI is InChI=1S/C23H36N2O5/c1-22(2,3)30-21(27)25-14-7-5-12-19(25)23(28,13-6-8-15-29-4)18-11-9-10-17(16-18)20(24)26/h9-11,16,19,28H,5-8,12-15H2,1-4H3,(H2,24,26)/t19-,23+/m1/s1. The van der Waals surface area contributed by atoms with Crippen LogP contribution in [-0.2, 0) is 15.1 Å². The molecule has 3 N–H and O–H groups in total. The van der Waals surface area contributed by atoms with Crippen LogP contribution in [0.15, 0.2) is 24.3 Å². The first-order valence-electron chi connectivity index (χ1n) is 10.7. The van der Waals surface area contributed by atoms with E-state index in [-0.39, 0.29) is 0 Å². The summed E-state index contributed by atoms with van der Waals surface area (Å²) in [5.41, 5.74) is 4.45. The highest BCUT2D eigenvalue weighted by molar-refractivity contribution is 5.93. The molecular formula is C23H36N2O5. The lowest BCUT2D eigenvalue weighted by atomic mass is 9.77. The fourth-order valence-electron chi connectivity index (χ4n) is 4.05. The molecule has 1 saturated heterocycles. The van der Waals surface area contributed by atoms with E-state index in [1.165, 1.54) is 0 Å². The van der Waals surface area contributed by atoms with Crippen molar-refractivity contribution in [1.29, 1.82) is 0 Å². The summed E-state index contributed by atoms with van der Waals surface area (Å²) in [7, 11) is 1.65. The van der Waals surface area contributed by atoms with Crippen molar-refractivity contribution in [1.82, 2.24) is 4.90 Å². The zero-order valence-electron chi connectivity index (χ0n) is 18.6. The lowest BCUT2D eigenvalue weighted by Gasteiger charge is -2.46. The lowest BCUT2D eigenvalue weighted by Crippen LogP contribution is -2.56. The van der Waals surface area contributed by atoms with Crippen LogP contribution in [-0.4, -0.2) is 53.9 Å². The van der Waals surface area contributed by atoms with Gasteiger partial charge in [0.2, 0.25) is 5.91 Å². The molecule has 1 aliphatic rings. The third-order valence-corrected chi connectivity index (χ3v) is 5.49. The van der Waals surface area contributed by atoms with Gasteiger partial charge in [0.15, 0.2) is 0 Å². The first-order chi connectivity index (χ1) is 14.1. The van der Waals surface area contributed by atoms with Gasteiger partial charge in [-0.15, -0.1) is 0 Å². The third-order valence-electron chi connectivity index (χ3n) is 5.49. The number of likely N-dealkylation sites (tertiary alicyclic amines) is 1. The maximum atomic E-state index is 13.0. The van der Waals surface area contributed by atoms with Crippen LogP contribution in [0.3, 0.4) is 0 Å². The molecule has 0 radical (unpaired) electrons. The summed E-state index contributed by atoms with van der Waals surface area (Å²) in [6, 6.07) is 6.33. The van der Waals surface area contributed by atoms with Crippen molar-refractivity contribution in [3.05, 3.63) is 35.4 Å². The van der Waals surface area contributed by atoms with Crippen molar-refractivity contribution in [2.45, 2.75) is 76.5 Å². The average Bonchev–Trinajstić information content (AvgIpc) is 2.70. The second-order valence-corrected chi connectivity index (χ2v) is 9.00. The number of carbonyl (C=O) groups is 2. The largest absolute Gasteiger partial charge is 0.444 e. The van der Waals surface area contributed by atoms with Crippen molar-refractivity contribution in [3.63, 3.8) is 0 Å². The van der Waals surface area contributed by atoms with Gasteiger partial charge in [-0.05, 0) is 77.0 Å². The number of nitrogens with zero attached hydrogens (tertiary/aromatic N) is 1. The Labute approximate surface area is 179 Å². The number of nitrogens with two attached hydrogens (primary N) is 1. The van der Waals surface area contributed by atoms with E-state index < -0.39 is 29.2 Å². The molecule has 1 aromatic rings. The molecule has 1 aliphatic heterocycles. The molecule has 0 saturated carbocycles. The highest BCUT2D eigenvalue weighted by Gasteiger charge is 2.45. The zero-order valence-corrected chi connectivity index (χ0v) is 18.6. The lowest BCUT2D eigenvalue weighted by molar-refractivity contribution is -0.0793. The summed E-state index contributed by atoms with van der Waals surface area (Å²) in [5.74, 6) is -0.550. The summed E-state index contributed by atoms with van der Waals surface area (Å²) in [5, 5.41) is 12.0. The molecule has 30 heavy (non-hydrogen) atoms. The number of aliphatic hydroxyl groups is 1. The first kappa shape index (κ1) is 24.2. The van der Waals surface area contributed by atoms with E-state index >= 15 is 0 Å². The van der Waals surface area contributed by atoms with Gasteiger partial charge in [-0.1, -0.05) is 12.1 Å². The van der Waals surface area contributed by atoms with Crippen LogP contribution in [0.25, 0.3) is 0 Å². The van der Waals surface area contributed by atoms with Crippen LogP contribution in [0, 0.1) is 0 Å². The molecule has 0 aliphatic carbocycles. The Morgan fingerprint density at radius 2 is 1.97 bits per heavy atom. The predicted octanol–water partition coefficient (Wildman–Crippen LogP) is 3.58. The predicted molar refractivity (Wildman–Crippen MR) is 115 cm³/mol. The summed E-state index contributed by atoms with van der Waals surface area (Å²) in [4.78, 5) is 26.3. The molecule has 1 heterocycles. The van der Waals surface area contributed by atoms with Crippen LogP contribution >= 0.6 is 0 Å². The molecular weight excluding hydrogens is 384 g/mol. The number of methoxy groups -OCH3 is 1. The number of rotatable bonds is 8. The highest BCUT2D eigenvalue weighted by Crippen LogP contribution is 2.39. The van der Waals surface area contributed by atoms with Gasteiger partial charge in [-0.25, -0.2) is 4.79 Å². The summed E-state index contributed by atoms with van der Waals surface area (Å²) in [6.45, 7) is 6.61. The third kappa shape index (κ3) is 6.19. The van der Waals surface area contributed by atoms with E-state index in [2.05, 4.69) is 0 Å². The van der Waals surface area contributed by atoms with Crippen LogP contribution in [0.4, 0.5) is 4.79 Å². The number of hydrogen-bond acceptors (Lipinski definition) is 5. The van der Waals surface area contributed by atoms with Crippen molar-refractivity contribution < 1.29 is 24.2 Å². The van der Waals surface area contributed by atoms with E-state index in [0.29, 0.717) is 43.5 Å². The second-order valence-electron chi connectivity index (χ2n) is 9.00. The fourth-order valence-corrected chi connectivity index (χ4v) is 4.05. The van der Waals surface area contributed by atoms with Gasteiger partial charge in [0, 0.05) is 25.8 Å². The van der Waals surface area contributed by atoms with Crippen LogP contribution < -0.4 is 5.73 Å². The quantitative estimate of drug-likeness (QED) is 0.626. The Balaban J connectivity index is 2.41. The maximum absolute atomic E-state index is 13.0. The number of carbonyl (C=O) groups excluding carboxylic acids is 2. The van der Waals surface area contributed by atoms with Crippen LogP contribution in [0.5, 0.6) is 0 Å². The molecule has 1 fully saturated rings. The van der Waals surface area contributed by atoms with Gasteiger partial charge in [0.1, 0.15) is 11.2 Å². The zero-order chi connectivity index (χ0) is 22.4. The van der Waals surface area contributed by atoms with Crippen molar-refractivity contribution >= 4 is 12.0 Å². The minimum atomic E-state index is -1.32. The number of unbranched alkanes of at least 4 members (excludes halogenated alkanes) is 1. The number of primary amides is 1. The monoisotopic (exact) mass is 420 g/mol. The minimum Gasteiger partial charge on any atom is -0.444 e. The molecule has 0 bridgehead atoms. The summed E-state index contributed by atoms with van der Waals surface area (Å²) < 4.78 is 10.8. The minimum absolute atomic E-state index is 0.336. The Hall–Kier alpha value is -2.12. The van der Waals surface area contributed by atoms with E-state index in [4.69, 9.17) is 15.2 Å². The summed E-state index contributed by atoms with van der Waals surface area (Å²) >= 11 is 0. The van der Waals surface area contributed by atoms with Gasteiger partial charge in [-0.2, -0.15) is 0 Å². The molecule has 0 unspecified atom stereocenters. The maximum Gasteiger partial charge on any atom is 0.410 e. The van der Waals surface area contributed by atoms with Gasteiger partial charge in [-0.3, -0.25) is 4.79 Å². The molecule has 0 spiro atoms. The smallest absolute Gasteiger partial charge is 0.410 e. The van der Waals surface area contributed by atoms with Crippen molar-refractivity contribution in [2.24, 2.45) is 5.73 Å². The van der Waals surface area contributed by atoms with Gasteiger partial charge in [0.05, 0.1) is 6.04 Å². The molecule has 2 amide bonds. The Bertz CT molecular complexity index is 731. The van der Waals surface area contributed by atoms with E-state index in [1.54, 1.807) is 36.3 Å². The topological polar surface area (TPSA) is 102 Å². The molecule has 2 atom stereocenters. The van der Waals surface area contributed by atoms with E-state index in [1.807, 2.05) is 20.8 Å². The molecule has 0 aromatic heterocycles. The van der Waals surface area contributed by atoms with Gasteiger partial charge in [0.25, 0.3) is 0 Å². The van der Waals surface area contributed by atoms with Gasteiger partial charge >= 0.3 is 6.09 Å². The van der Waals surface area contributed by atoms with Crippen molar-refractivity contribution in [3.8, 4) is 0 Å². The highest BCUT2D eigenvalue weighted by atomic mass is 16.6. The van der Waals surface area contributed by atoms with Crippen molar-refractivity contribution in [2.75, 3.05) is 20.3 Å². The Morgan fingerprint density at radius 3 is 2.60 bits per heavy atom. The number of hydrogen-bond donors (Lipinski definition) is 2. The Kier molecular flexibility index (Phi) is 8.26. The van der Waals surface area contributed by atoms with E-state index in [9.17, 15) is 14.7 Å². The summed E-state index contributed by atoms with van der Waals surface area (Å²) in [6.07, 6.45) is 3.92. The molecule has 2 rings (SSSR count). The van der Waals surface area contributed by atoms with Crippen LogP contribution in [0.1, 0.15) is 75.2 Å². The molecule has 7 nitrogen and oxygen atoms in total. The average molecular weight is 421 g/mol. The molecule has 1 aromatic carbocycles. The SMILES string of the molecule is COCCCC[C@](O)(c1cccc(C(N)=O)c1)[C@H]1CCCCN1C(=O)OC(C)(C)C. The van der Waals surface area contributed by atoms with Gasteiger partial charge < -0.3 is 25.2 Å². The number of ether oxygens (including phenoxy) is 2. The normalized spacial score (nSPS) is 19.2. The number of benzene rings is 1. The fraction of sp³-hybridized carbons (Fsp3) is 0.652. The van der Waals surface area contributed by atoms with Crippen LogP contribution in [0.2, 0.25) is 0 Å². The molecule has 168 valence electrons. The number of piperidine rings is 1. The number of amides is 2. The second kappa shape index (κ2) is 10.3. The van der Waals surface area contributed by atoms with E-state index in [0.717, 1.165) is 19.3 Å². The Morgan fingerprint density at radius 1 is 1.23 bits per heavy atom. The molecule has 7 heteroatoms. The first-order valence-corrected chi connectivity index (χ1v) is 10.7.